The molecule has 0 aliphatic carbocycles. The topological polar surface area (TPSA) is 89.8 Å². The van der Waals surface area contributed by atoms with E-state index < -0.39 is 17.5 Å². The molecule has 150 valence electrons. The van der Waals surface area contributed by atoms with Gasteiger partial charge < -0.3 is 4.57 Å². The van der Waals surface area contributed by atoms with E-state index in [0.29, 0.717) is 22.1 Å². The molecule has 3 heterocycles. The van der Waals surface area contributed by atoms with Gasteiger partial charge in [0.05, 0.1) is 5.69 Å². The number of nitrogens with one attached hydrogen (secondary N) is 1. The van der Waals surface area contributed by atoms with Crippen LogP contribution in [-0.4, -0.2) is 31.4 Å². The van der Waals surface area contributed by atoms with E-state index in [2.05, 4.69) is 20.5 Å². The van der Waals surface area contributed by atoms with E-state index in [1.165, 1.54) is 6.07 Å². The van der Waals surface area contributed by atoms with Gasteiger partial charge in [0.15, 0.2) is 5.01 Å². The number of Topliss-reactive ketones (excluding diaryl/α,β-unsaturated/α-hetero) is 1. The fraction of sp³-hybridized carbons (Fsp3) is 0.0952. The summed E-state index contributed by atoms with van der Waals surface area (Å²) in [6.45, 7) is 3.42. The first-order chi connectivity index (χ1) is 14.5. The molecular weight excluding hydrogens is 405 g/mol. The number of para-hydroxylation sites is 1. The van der Waals surface area contributed by atoms with Crippen molar-refractivity contribution in [1.82, 2.24) is 19.7 Å². The smallest absolute Gasteiger partial charge is 0.298 e. The van der Waals surface area contributed by atoms with E-state index in [1.54, 1.807) is 61.1 Å². The van der Waals surface area contributed by atoms with Crippen molar-refractivity contribution in [2.24, 2.45) is 0 Å². The number of pyridine rings is 1. The molecule has 30 heavy (non-hydrogen) atoms. The molecule has 3 aromatic heterocycles. The molecule has 0 unspecified atom stereocenters. The first kappa shape index (κ1) is 19.6. The number of halogens is 1. The second kappa shape index (κ2) is 7.96. The van der Waals surface area contributed by atoms with Gasteiger partial charge in [0, 0.05) is 34.9 Å². The van der Waals surface area contributed by atoms with E-state index in [0.717, 1.165) is 16.9 Å². The van der Waals surface area contributed by atoms with Crippen LogP contribution >= 0.6 is 11.3 Å². The monoisotopic (exact) mass is 421 g/mol. The van der Waals surface area contributed by atoms with E-state index in [-0.39, 0.29) is 10.7 Å². The zero-order chi connectivity index (χ0) is 21.3. The maximum absolute atomic E-state index is 14.2. The van der Waals surface area contributed by atoms with Crippen molar-refractivity contribution in [3.63, 3.8) is 0 Å². The molecule has 0 saturated carbocycles. The molecule has 7 nitrogen and oxygen atoms in total. The van der Waals surface area contributed by atoms with Crippen molar-refractivity contribution in [2.75, 3.05) is 5.32 Å². The summed E-state index contributed by atoms with van der Waals surface area (Å²) < 4.78 is 15.8. The van der Waals surface area contributed by atoms with Gasteiger partial charge in [0.2, 0.25) is 5.13 Å². The number of ketones is 1. The van der Waals surface area contributed by atoms with Crippen LogP contribution in [0.25, 0.3) is 16.3 Å². The van der Waals surface area contributed by atoms with Crippen molar-refractivity contribution >= 4 is 28.2 Å². The van der Waals surface area contributed by atoms with Crippen molar-refractivity contribution in [3.05, 3.63) is 77.6 Å². The van der Waals surface area contributed by atoms with Gasteiger partial charge in [0.1, 0.15) is 5.82 Å². The predicted octanol–water partition coefficient (Wildman–Crippen LogP) is 3.97. The third-order valence-electron chi connectivity index (χ3n) is 4.53. The SMILES string of the molecule is Cc1cc(C(=O)C(=O)Nc2nnc(-c3cccnc3)s2)c(C)n1-c1ccccc1F. The maximum atomic E-state index is 14.2. The quantitative estimate of drug-likeness (QED) is 0.389. The highest BCUT2D eigenvalue weighted by Gasteiger charge is 2.24. The number of benzene rings is 1. The number of carbonyl (C=O) groups is 2. The third kappa shape index (κ3) is 3.62. The third-order valence-corrected chi connectivity index (χ3v) is 5.42. The van der Waals surface area contributed by atoms with Crippen LogP contribution in [-0.2, 0) is 4.79 Å². The number of rotatable bonds is 5. The lowest BCUT2D eigenvalue weighted by Crippen LogP contribution is -2.23. The fourth-order valence-corrected chi connectivity index (χ4v) is 3.88. The van der Waals surface area contributed by atoms with Gasteiger partial charge in [-0.15, -0.1) is 10.2 Å². The van der Waals surface area contributed by atoms with Crippen molar-refractivity contribution in [1.29, 1.82) is 0 Å². The van der Waals surface area contributed by atoms with Gasteiger partial charge in [-0.3, -0.25) is 19.9 Å². The summed E-state index contributed by atoms with van der Waals surface area (Å²) >= 11 is 1.14. The van der Waals surface area contributed by atoms with Crippen LogP contribution in [0.2, 0.25) is 0 Å². The number of carbonyl (C=O) groups excluding carboxylic acids is 2. The largest absolute Gasteiger partial charge is 0.315 e. The van der Waals surface area contributed by atoms with Crippen LogP contribution in [0.4, 0.5) is 9.52 Å². The number of hydrogen-bond acceptors (Lipinski definition) is 6. The van der Waals surface area contributed by atoms with Crippen molar-refractivity contribution < 1.29 is 14.0 Å². The molecule has 0 atom stereocenters. The van der Waals surface area contributed by atoms with Crippen LogP contribution in [0, 0.1) is 19.7 Å². The fourth-order valence-electron chi connectivity index (χ4n) is 3.15. The lowest BCUT2D eigenvalue weighted by molar-refractivity contribution is -0.112. The van der Waals surface area contributed by atoms with Crippen LogP contribution in [0.5, 0.6) is 0 Å². The Hall–Kier alpha value is -3.72. The Labute approximate surface area is 175 Å². The summed E-state index contributed by atoms with van der Waals surface area (Å²) in [5.74, 6) is -1.99. The summed E-state index contributed by atoms with van der Waals surface area (Å²) in [7, 11) is 0. The average Bonchev–Trinajstić information content (AvgIpc) is 3.33. The van der Waals surface area contributed by atoms with Crippen LogP contribution in [0.15, 0.2) is 54.9 Å². The summed E-state index contributed by atoms with van der Waals surface area (Å²) in [6, 6.07) is 11.4. The number of hydrogen-bond donors (Lipinski definition) is 1. The minimum atomic E-state index is -0.835. The first-order valence-corrected chi connectivity index (χ1v) is 9.81. The van der Waals surface area contributed by atoms with E-state index >= 15 is 0 Å². The molecule has 1 N–H and O–H groups in total. The molecule has 9 heteroatoms. The van der Waals surface area contributed by atoms with E-state index in [1.807, 2.05) is 6.07 Å². The average molecular weight is 421 g/mol. The Morgan fingerprint density at radius 2 is 1.90 bits per heavy atom. The van der Waals surface area contributed by atoms with Gasteiger partial charge in [0.25, 0.3) is 11.7 Å². The summed E-state index contributed by atoms with van der Waals surface area (Å²) in [6.07, 6.45) is 3.28. The Bertz CT molecular complexity index is 1250. The standard InChI is InChI=1S/C21H16FN5O2S/c1-12-10-15(13(2)27(12)17-8-4-3-7-16(17)22)18(28)19(29)24-21-26-25-20(30-21)14-6-5-9-23-11-14/h3-11H,1-2H3,(H,24,26,29). The van der Waals surface area contributed by atoms with Crippen molar-refractivity contribution in [3.8, 4) is 16.3 Å². The zero-order valence-corrected chi connectivity index (χ0v) is 16.9. The Morgan fingerprint density at radius 1 is 1.10 bits per heavy atom. The second-order valence-corrected chi connectivity index (χ2v) is 7.49. The highest BCUT2D eigenvalue weighted by molar-refractivity contribution is 7.18. The molecule has 0 bridgehead atoms. The second-order valence-electron chi connectivity index (χ2n) is 6.51. The van der Waals surface area contributed by atoms with Gasteiger partial charge in [-0.05, 0) is 44.2 Å². The Balaban J connectivity index is 1.57. The molecule has 0 spiro atoms. The van der Waals surface area contributed by atoms with Gasteiger partial charge in [-0.2, -0.15) is 0 Å². The molecular formula is C21H16FN5O2S. The number of aromatic nitrogens is 4. The van der Waals surface area contributed by atoms with Crippen LogP contribution < -0.4 is 5.32 Å². The summed E-state index contributed by atoms with van der Waals surface area (Å²) in [5.41, 5.74) is 2.40. The van der Waals surface area contributed by atoms with Gasteiger partial charge in [-0.25, -0.2) is 4.39 Å². The van der Waals surface area contributed by atoms with Crippen LogP contribution in [0.3, 0.4) is 0 Å². The minimum absolute atomic E-state index is 0.199. The van der Waals surface area contributed by atoms with Crippen LogP contribution in [0.1, 0.15) is 21.7 Å². The lowest BCUT2D eigenvalue weighted by atomic mass is 10.1. The number of aryl methyl sites for hydroxylation is 1. The van der Waals surface area contributed by atoms with Gasteiger partial charge in [-0.1, -0.05) is 23.5 Å². The van der Waals surface area contributed by atoms with Crippen molar-refractivity contribution in [2.45, 2.75) is 13.8 Å². The molecule has 0 saturated heterocycles. The molecule has 0 aliphatic rings. The molecule has 4 aromatic rings. The maximum Gasteiger partial charge on any atom is 0.298 e. The number of amides is 1. The highest BCUT2D eigenvalue weighted by Crippen LogP contribution is 2.26. The molecule has 1 amide bonds. The minimum Gasteiger partial charge on any atom is -0.315 e. The Kier molecular flexibility index (Phi) is 5.20. The van der Waals surface area contributed by atoms with Gasteiger partial charge >= 0.3 is 0 Å². The lowest BCUT2D eigenvalue weighted by Gasteiger charge is -2.10. The first-order valence-electron chi connectivity index (χ1n) is 8.99. The highest BCUT2D eigenvalue weighted by atomic mass is 32.1. The molecule has 1 aromatic carbocycles. The molecule has 4 rings (SSSR count). The predicted molar refractivity (Wildman–Crippen MR) is 111 cm³/mol. The molecule has 0 fully saturated rings. The molecule has 0 aliphatic heterocycles. The number of nitrogens with zero attached hydrogens (tertiary/aromatic N) is 4. The molecule has 0 radical (unpaired) electrons. The Morgan fingerprint density at radius 3 is 2.63 bits per heavy atom. The van der Waals surface area contributed by atoms with E-state index in [9.17, 15) is 14.0 Å². The number of anilines is 1. The summed E-state index contributed by atoms with van der Waals surface area (Å²) in [4.78, 5) is 29.3. The normalized spacial score (nSPS) is 10.8. The zero-order valence-electron chi connectivity index (χ0n) is 16.1. The van der Waals surface area contributed by atoms with E-state index in [4.69, 9.17) is 0 Å². The summed E-state index contributed by atoms with van der Waals surface area (Å²) in [5, 5.41) is 11.2.